The van der Waals surface area contributed by atoms with E-state index in [1.165, 1.54) is 0 Å². The van der Waals surface area contributed by atoms with Crippen LogP contribution < -0.4 is 4.74 Å². The van der Waals surface area contributed by atoms with Crippen LogP contribution in [0.1, 0.15) is 5.69 Å². The molecule has 3 rings (SSSR count). The summed E-state index contributed by atoms with van der Waals surface area (Å²) in [7, 11) is 1.66. The van der Waals surface area contributed by atoms with Crippen molar-refractivity contribution in [3.05, 3.63) is 65.3 Å². The summed E-state index contributed by atoms with van der Waals surface area (Å²) in [5.41, 5.74) is 4.07. The molecule has 0 N–H and O–H groups in total. The van der Waals surface area contributed by atoms with Gasteiger partial charge in [0.25, 0.3) is 0 Å². The monoisotopic (exact) mass is 298 g/mol. The van der Waals surface area contributed by atoms with Gasteiger partial charge in [0.15, 0.2) is 0 Å². The minimum atomic E-state index is 0.721. The van der Waals surface area contributed by atoms with Crippen LogP contribution in [0, 0.1) is 6.92 Å². The van der Waals surface area contributed by atoms with Gasteiger partial charge in [-0.15, -0.1) is 0 Å². The highest BCUT2D eigenvalue weighted by molar-refractivity contribution is 6.30. The molecule has 0 unspecified atom stereocenters. The van der Waals surface area contributed by atoms with E-state index >= 15 is 0 Å². The van der Waals surface area contributed by atoms with Crippen molar-refractivity contribution in [3.63, 3.8) is 0 Å². The predicted molar refractivity (Wildman–Crippen MR) is 85.3 cm³/mol. The summed E-state index contributed by atoms with van der Waals surface area (Å²) in [6.45, 7) is 2.04. The average molecular weight is 299 g/mol. The fraction of sp³-hybridized carbons (Fsp3) is 0.118. The van der Waals surface area contributed by atoms with Gasteiger partial charge in [0, 0.05) is 16.3 Å². The van der Waals surface area contributed by atoms with Crippen LogP contribution >= 0.6 is 11.6 Å². The Hall–Kier alpha value is -2.26. The first-order valence-electron chi connectivity index (χ1n) is 6.64. The number of benzene rings is 2. The third-order valence-corrected chi connectivity index (χ3v) is 3.60. The molecule has 2 aromatic carbocycles. The number of halogens is 1. The van der Waals surface area contributed by atoms with Gasteiger partial charge in [-0.05, 0) is 61.5 Å². The number of aryl methyl sites for hydroxylation is 1. The third kappa shape index (κ3) is 2.78. The zero-order valence-electron chi connectivity index (χ0n) is 11.9. The standard InChI is InChI=1S/C17H15ClN2O/c1-12-11-17(13-3-9-16(21-2)10-4-13)19-20(12)15-7-5-14(18)6-8-15/h3-11H,1-2H3. The first-order valence-corrected chi connectivity index (χ1v) is 7.02. The lowest BCUT2D eigenvalue weighted by Crippen LogP contribution is -1.98. The Labute approximate surface area is 128 Å². The summed E-state index contributed by atoms with van der Waals surface area (Å²) in [5.74, 6) is 0.840. The minimum Gasteiger partial charge on any atom is -0.497 e. The number of methoxy groups -OCH3 is 1. The molecule has 0 fully saturated rings. The molecule has 0 amide bonds. The molecule has 3 nitrogen and oxygen atoms in total. The Kier molecular flexibility index (Phi) is 3.67. The normalized spacial score (nSPS) is 10.6. The molecule has 0 radical (unpaired) electrons. The molecule has 0 saturated heterocycles. The number of hydrogen-bond acceptors (Lipinski definition) is 2. The predicted octanol–water partition coefficient (Wildman–Crippen LogP) is 4.51. The molecule has 0 aliphatic heterocycles. The third-order valence-electron chi connectivity index (χ3n) is 3.34. The molecule has 0 aliphatic carbocycles. The zero-order valence-corrected chi connectivity index (χ0v) is 12.6. The molecule has 21 heavy (non-hydrogen) atoms. The Morgan fingerprint density at radius 3 is 2.29 bits per heavy atom. The number of hydrogen-bond donors (Lipinski definition) is 0. The van der Waals surface area contributed by atoms with E-state index in [2.05, 4.69) is 11.2 Å². The molecule has 1 heterocycles. The van der Waals surface area contributed by atoms with Crippen LogP contribution in [-0.2, 0) is 0 Å². The smallest absolute Gasteiger partial charge is 0.118 e. The van der Waals surface area contributed by atoms with Crippen molar-refractivity contribution in [2.24, 2.45) is 0 Å². The van der Waals surface area contributed by atoms with Crippen LogP contribution in [0.25, 0.3) is 16.9 Å². The van der Waals surface area contributed by atoms with Crippen LogP contribution in [0.5, 0.6) is 5.75 Å². The average Bonchev–Trinajstić information content (AvgIpc) is 2.90. The maximum absolute atomic E-state index is 5.93. The first-order chi connectivity index (χ1) is 10.2. The van der Waals surface area contributed by atoms with E-state index in [0.29, 0.717) is 0 Å². The summed E-state index contributed by atoms with van der Waals surface area (Å²) in [4.78, 5) is 0. The minimum absolute atomic E-state index is 0.721. The fourth-order valence-corrected chi connectivity index (χ4v) is 2.35. The second-order valence-corrected chi connectivity index (χ2v) is 5.22. The summed E-state index contributed by atoms with van der Waals surface area (Å²) >= 11 is 5.93. The molecular weight excluding hydrogens is 284 g/mol. The van der Waals surface area contributed by atoms with Crippen LogP contribution in [0.15, 0.2) is 54.6 Å². The van der Waals surface area contributed by atoms with E-state index in [9.17, 15) is 0 Å². The van der Waals surface area contributed by atoms with Crippen molar-refractivity contribution in [2.45, 2.75) is 6.92 Å². The van der Waals surface area contributed by atoms with Crippen LogP contribution in [-0.4, -0.2) is 16.9 Å². The Morgan fingerprint density at radius 2 is 1.67 bits per heavy atom. The highest BCUT2D eigenvalue weighted by atomic mass is 35.5. The Morgan fingerprint density at radius 1 is 1.00 bits per heavy atom. The van der Waals surface area contributed by atoms with Gasteiger partial charge >= 0.3 is 0 Å². The summed E-state index contributed by atoms with van der Waals surface area (Å²) in [5, 5.41) is 5.39. The van der Waals surface area contributed by atoms with Gasteiger partial charge in [-0.1, -0.05) is 11.6 Å². The van der Waals surface area contributed by atoms with Crippen molar-refractivity contribution in [1.29, 1.82) is 0 Å². The van der Waals surface area contributed by atoms with Gasteiger partial charge in [-0.25, -0.2) is 4.68 Å². The fourth-order valence-electron chi connectivity index (χ4n) is 2.22. The zero-order chi connectivity index (χ0) is 14.8. The van der Waals surface area contributed by atoms with Crippen LogP contribution in [0.4, 0.5) is 0 Å². The largest absolute Gasteiger partial charge is 0.497 e. The number of aromatic nitrogens is 2. The number of nitrogens with zero attached hydrogens (tertiary/aromatic N) is 2. The van der Waals surface area contributed by atoms with E-state index in [1.807, 2.05) is 60.1 Å². The molecule has 4 heteroatoms. The molecule has 0 atom stereocenters. The molecule has 0 spiro atoms. The lowest BCUT2D eigenvalue weighted by atomic mass is 10.1. The Balaban J connectivity index is 1.98. The van der Waals surface area contributed by atoms with E-state index in [1.54, 1.807) is 7.11 Å². The highest BCUT2D eigenvalue weighted by Gasteiger charge is 2.08. The second kappa shape index (κ2) is 5.62. The topological polar surface area (TPSA) is 27.1 Å². The molecule has 3 aromatic rings. The SMILES string of the molecule is COc1ccc(-c2cc(C)n(-c3ccc(Cl)cc3)n2)cc1. The number of ether oxygens (including phenoxy) is 1. The van der Waals surface area contributed by atoms with E-state index in [4.69, 9.17) is 16.3 Å². The molecular formula is C17H15ClN2O. The van der Waals surface area contributed by atoms with E-state index in [0.717, 1.165) is 33.4 Å². The molecule has 0 bridgehead atoms. The molecule has 0 aliphatic rings. The quantitative estimate of drug-likeness (QED) is 0.711. The molecule has 1 aromatic heterocycles. The van der Waals surface area contributed by atoms with E-state index < -0.39 is 0 Å². The lowest BCUT2D eigenvalue weighted by molar-refractivity contribution is 0.415. The molecule has 0 saturated carbocycles. The van der Waals surface area contributed by atoms with E-state index in [-0.39, 0.29) is 0 Å². The van der Waals surface area contributed by atoms with Gasteiger partial charge in [-0.2, -0.15) is 5.10 Å². The van der Waals surface area contributed by atoms with Crippen LogP contribution in [0.3, 0.4) is 0 Å². The van der Waals surface area contributed by atoms with Crippen molar-refractivity contribution in [2.75, 3.05) is 7.11 Å². The highest BCUT2D eigenvalue weighted by Crippen LogP contribution is 2.24. The van der Waals surface area contributed by atoms with Crippen molar-refractivity contribution in [1.82, 2.24) is 9.78 Å². The van der Waals surface area contributed by atoms with Crippen molar-refractivity contribution in [3.8, 4) is 22.7 Å². The Bertz CT molecular complexity index is 745. The second-order valence-electron chi connectivity index (χ2n) is 4.79. The van der Waals surface area contributed by atoms with Gasteiger partial charge in [0.1, 0.15) is 5.75 Å². The van der Waals surface area contributed by atoms with Gasteiger partial charge in [0.05, 0.1) is 18.5 Å². The van der Waals surface area contributed by atoms with Crippen molar-refractivity contribution < 1.29 is 4.74 Å². The van der Waals surface area contributed by atoms with Crippen LogP contribution in [0.2, 0.25) is 5.02 Å². The van der Waals surface area contributed by atoms with Crippen molar-refractivity contribution >= 4 is 11.6 Å². The molecule has 106 valence electrons. The maximum Gasteiger partial charge on any atom is 0.118 e. The first kappa shape index (κ1) is 13.7. The number of rotatable bonds is 3. The summed E-state index contributed by atoms with van der Waals surface area (Å²) in [6, 6.07) is 17.6. The summed E-state index contributed by atoms with van der Waals surface area (Å²) < 4.78 is 7.09. The van der Waals surface area contributed by atoms with Gasteiger partial charge < -0.3 is 4.74 Å². The lowest BCUT2D eigenvalue weighted by Gasteiger charge is -2.04. The van der Waals surface area contributed by atoms with Gasteiger partial charge in [0.2, 0.25) is 0 Å². The van der Waals surface area contributed by atoms with Gasteiger partial charge in [-0.3, -0.25) is 0 Å². The summed E-state index contributed by atoms with van der Waals surface area (Å²) in [6.07, 6.45) is 0. The maximum atomic E-state index is 5.93.